The van der Waals surface area contributed by atoms with Gasteiger partial charge in [0.15, 0.2) is 0 Å². The van der Waals surface area contributed by atoms with Crippen molar-refractivity contribution in [3.8, 4) is 0 Å². The fourth-order valence-corrected chi connectivity index (χ4v) is 2.01. The van der Waals surface area contributed by atoms with Gasteiger partial charge in [-0.25, -0.2) is 0 Å². The van der Waals surface area contributed by atoms with E-state index in [0.29, 0.717) is 24.1 Å². The molecule has 0 aliphatic rings. The Kier molecular flexibility index (Phi) is 6.29. The van der Waals surface area contributed by atoms with Crippen molar-refractivity contribution >= 4 is 0 Å². The summed E-state index contributed by atoms with van der Waals surface area (Å²) < 4.78 is 10.6. The summed E-state index contributed by atoms with van der Waals surface area (Å²) in [4.78, 5) is 4.36. The summed E-state index contributed by atoms with van der Waals surface area (Å²) in [6.07, 6.45) is 3.44. The molecular formula is C13H25N3O2. The molecule has 5 heteroatoms. The highest BCUT2D eigenvalue weighted by Crippen LogP contribution is 2.19. The molecule has 2 atom stereocenters. The van der Waals surface area contributed by atoms with E-state index in [1.54, 1.807) is 7.11 Å². The van der Waals surface area contributed by atoms with Crippen LogP contribution in [-0.4, -0.2) is 23.3 Å². The number of ether oxygens (including phenoxy) is 1. The minimum absolute atomic E-state index is 0.0745. The zero-order valence-corrected chi connectivity index (χ0v) is 11.8. The monoisotopic (exact) mass is 255 g/mol. The molecule has 104 valence electrons. The topological polar surface area (TPSA) is 74.2 Å². The molecule has 0 spiro atoms. The van der Waals surface area contributed by atoms with Gasteiger partial charge in [0, 0.05) is 19.6 Å². The van der Waals surface area contributed by atoms with Crippen molar-refractivity contribution in [2.45, 2.75) is 58.6 Å². The highest BCUT2D eigenvalue weighted by molar-refractivity contribution is 4.93. The van der Waals surface area contributed by atoms with Gasteiger partial charge in [0.1, 0.15) is 6.10 Å². The van der Waals surface area contributed by atoms with E-state index >= 15 is 0 Å². The van der Waals surface area contributed by atoms with E-state index in [1.807, 2.05) is 0 Å². The van der Waals surface area contributed by atoms with E-state index in [4.69, 9.17) is 15.0 Å². The Bertz CT molecular complexity index is 339. The lowest BCUT2D eigenvalue weighted by molar-refractivity contribution is 0.0854. The number of nitrogens with two attached hydrogens (primary N) is 1. The second kappa shape index (κ2) is 7.48. The maximum Gasteiger partial charge on any atom is 0.228 e. The Morgan fingerprint density at radius 1 is 1.39 bits per heavy atom. The largest absolute Gasteiger partial charge is 0.373 e. The molecule has 2 N–H and O–H groups in total. The van der Waals surface area contributed by atoms with E-state index in [2.05, 4.69) is 30.9 Å². The second-order valence-corrected chi connectivity index (χ2v) is 5.15. The molecule has 0 bridgehead atoms. The van der Waals surface area contributed by atoms with Crippen LogP contribution in [-0.2, 0) is 11.2 Å². The van der Waals surface area contributed by atoms with Crippen molar-refractivity contribution in [1.29, 1.82) is 0 Å². The van der Waals surface area contributed by atoms with Gasteiger partial charge in [-0.2, -0.15) is 4.98 Å². The molecule has 5 nitrogen and oxygen atoms in total. The van der Waals surface area contributed by atoms with Crippen molar-refractivity contribution in [2.24, 2.45) is 11.7 Å². The molecule has 0 fully saturated rings. The van der Waals surface area contributed by atoms with Gasteiger partial charge in [-0.1, -0.05) is 32.3 Å². The Hall–Kier alpha value is -0.940. The summed E-state index contributed by atoms with van der Waals surface area (Å²) >= 11 is 0. The first kappa shape index (κ1) is 15.1. The number of hydrogen-bond donors (Lipinski definition) is 1. The molecular weight excluding hydrogens is 230 g/mol. The first-order valence-corrected chi connectivity index (χ1v) is 6.67. The van der Waals surface area contributed by atoms with Crippen LogP contribution in [0.25, 0.3) is 0 Å². The van der Waals surface area contributed by atoms with Crippen LogP contribution in [0.4, 0.5) is 0 Å². The SMILES string of the molecule is CCCC(OC)c1noc(CC(N)CC(C)C)n1. The zero-order chi connectivity index (χ0) is 13.5. The van der Waals surface area contributed by atoms with E-state index < -0.39 is 0 Å². The Balaban J connectivity index is 2.56. The lowest BCUT2D eigenvalue weighted by Gasteiger charge is -2.11. The quantitative estimate of drug-likeness (QED) is 0.772. The molecule has 0 amide bonds. The van der Waals surface area contributed by atoms with Crippen LogP contribution >= 0.6 is 0 Å². The molecule has 18 heavy (non-hydrogen) atoms. The van der Waals surface area contributed by atoms with E-state index in [1.165, 1.54) is 0 Å². The molecule has 0 aromatic carbocycles. The summed E-state index contributed by atoms with van der Waals surface area (Å²) in [5, 5.41) is 3.97. The number of aromatic nitrogens is 2. The van der Waals surface area contributed by atoms with Crippen molar-refractivity contribution in [3.05, 3.63) is 11.7 Å². The molecule has 0 aliphatic carbocycles. The molecule has 1 rings (SSSR count). The lowest BCUT2D eigenvalue weighted by Crippen LogP contribution is -2.24. The number of methoxy groups -OCH3 is 1. The predicted molar refractivity (Wildman–Crippen MR) is 70.1 cm³/mol. The molecule has 0 saturated heterocycles. The highest BCUT2D eigenvalue weighted by atomic mass is 16.5. The van der Waals surface area contributed by atoms with Crippen LogP contribution in [0.2, 0.25) is 0 Å². The van der Waals surface area contributed by atoms with Gasteiger partial charge in [0.25, 0.3) is 0 Å². The van der Waals surface area contributed by atoms with Crippen molar-refractivity contribution < 1.29 is 9.26 Å². The normalized spacial score (nSPS) is 15.0. The fraction of sp³-hybridized carbons (Fsp3) is 0.846. The van der Waals surface area contributed by atoms with Crippen LogP contribution < -0.4 is 5.73 Å². The number of hydrogen-bond acceptors (Lipinski definition) is 5. The van der Waals surface area contributed by atoms with Gasteiger partial charge in [0.2, 0.25) is 11.7 Å². The third-order valence-corrected chi connectivity index (χ3v) is 2.82. The number of nitrogens with zero attached hydrogens (tertiary/aromatic N) is 2. The zero-order valence-electron chi connectivity index (χ0n) is 11.8. The van der Waals surface area contributed by atoms with E-state index in [-0.39, 0.29) is 12.1 Å². The van der Waals surface area contributed by atoms with Crippen molar-refractivity contribution in [3.63, 3.8) is 0 Å². The third-order valence-electron chi connectivity index (χ3n) is 2.82. The summed E-state index contributed by atoms with van der Waals surface area (Å²) in [5.74, 6) is 1.82. The Morgan fingerprint density at radius 3 is 2.67 bits per heavy atom. The minimum Gasteiger partial charge on any atom is -0.373 e. The Morgan fingerprint density at radius 2 is 2.11 bits per heavy atom. The smallest absolute Gasteiger partial charge is 0.228 e. The molecule has 2 unspecified atom stereocenters. The van der Waals surface area contributed by atoms with E-state index in [9.17, 15) is 0 Å². The van der Waals surface area contributed by atoms with Crippen LogP contribution in [0.15, 0.2) is 4.52 Å². The van der Waals surface area contributed by atoms with Gasteiger partial charge in [0.05, 0.1) is 0 Å². The van der Waals surface area contributed by atoms with Crippen molar-refractivity contribution in [2.75, 3.05) is 7.11 Å². The number of rotatable bonds is 8. The van der Waals surface area contributed by atoms with Gasteiger partial charge < -0.3 is 15.0 Å². The average Bonchev–Trinajstić information content (AvgIpc) is 2.72. The fourth-order valence-electron chi connectivity index (χ4n) is 2.01. The van der Waals surface area contributed by atoms with Gasteiger partial charge >= 0.3 is 0 Å². The summed E-state index contributed by atoms with van der Waals surface area (Å²) in [7, 11) is 1.67. The van der Waals surface area contributed by atoms with Crippen molar-refractivity contribution in [1.82, 2.24) is 10.1 Å². The standard InChI is InChI=1S/C13H25N3O2/c1-5-6-11(17-4)13-15-12(18-16-13)8-10(14)7-9(2)3/h9-11H,5-8,14H2,1-4H3. The molecule has 0 radical (unpaired) electrons. The van der Waals surface area contributed by atoms with Crippen LogP contribution in [0.3, 0.4) is 0 Å². The molecule has 1 heterocycles. The lowest BCUT2D eigenvalue weighted by atomic mass is 10.0. The molecule has 1 aromatic heterocycles. The van der Waals surface area contributed by atoms with Crippen LogP contribution in [0.5, 0.6) is 0 Å². The van der Waals surface area contributed by atoms with Gasteiger partial charge in [-0.05, 0) is 18.8 Å². The summed E-state index contributed by atoms with van der Waals surface area (Å²) in [5.41, 5.74) is 6.02. The summed E-state index contributed by atoms with van der Waals surface area (Å²) in [6.45, 7) is 6.41. The maximum atomic E-state index is 6.02. The summed E-state index contributed by atoms with van der Waals surface area (Å²) in [6, 6.07) is 0.0745. The highest BCUT2D eigenvalue weighted by Gasteiger charge is 2.18. The molecule has 0 saturated carbocycles. The van der Waals surface area contributed by atoms with Crippen LogP contribution in [0.1, 0.15) is 57.9 Å². The maximum absolute atomic E-state index is 6.02. The molecule has 0 aliphatic heterocycles. The third kappa shape index (κ3) is 4.74. The first-order valence-electron chi connectivity index (χ1n) is 6.67. The molecule has 1 aromatic rings. The minimum atomic E-state index is -0.0752. The first-order chi connectivity index (χ1) is 8.56. The average molecular weight is 255 g/mol. The second-order valence-electron chi connectivity index (χ2n) is 5.15. The predicted octanol–water partition coefficient (Wildman–Crippen LogP) is 2.47. The van der Waals surface area contributed by atoms with Gasteiger partial charge in [-0.15, -0.1) is 0 Å². The van der Waals surface area contributed by atoms with E-state index in [0.717, 1.165) is 19.3 Å². The Labute approximate surface area is 109 Å². The van der Waals surface area contributed by atoms with Crippen LogP contribution in [0, 0.1) is 5.92 Å². The van der Waals surface area contributed by atoms with Gasteiger partial charge in [-0.3, -0.25) is 0 Å².